The molecular formula is C14H14N2O4. The third-order valence-electron chi connectivity index (χ3n) is 2.91. The Morgan fingerprint density at radius 1 is 1.35 bits per heavy atom. The zero-order chi connectivity index (χ0) is 14.7. The van der Waals surface area contributed by atoms with Crippen molar-refractivity contribution in [1.82, 2.24) is 0 Å². The molecule has 0 aliphatic heterocycles. The van der Waals surface area contributed by atoms with E-state index in [1.165, 1.54) is 18.2 Å². The van der Waals surface area contributed by atoms with Crippen LogP contribution in [0.2, 0.25) is 0 Å². The zero-order valence-corrected chi connectivity index (χ0v) is 11.1. The molecule has 0 bridgehead atoms. The van der Waals surface area contributed by atoms with Crippen molar-refractivity contribution in [2.75, 3.05) is 5.32 Å². The molecule has 0 spiro atoms. The first-order valence-corrected chi connectivity index (χ1v) is 6.07. The summed E-state index contributed by atoms with van der Waals surface area (Å²) in [4.78, 5) is 21.2. The van der Waals surface area contributed by atoms with Crippen molar-refractivity contribution in [3.8, 4) is 0 Å². The van der Waals surface area contributed by atoms with E-state index in [-0.39, 0.29) is 17.3 Å². The second-order valence-corrected chi connectivity index (χ2v) is 4.47. The van der Waals surface area contributed by atoms with Gasteiger partial charge < -0.3 is 9.73 Å². The van der Waals surface area contributed by atoms with Crippen LogP contribution in [0.5, 0.6) is 0 Å². The Morgan fingerprint density at radius 2 is 2.10 bits per heavy atom. The standard InChI is InChI=1S/C14H14N2O4/c1-9-3-6-14(20-9)10(2)15-12-5-4-11(8-17)7-13(12)16(18)19/h3-8,10,15H,1-2H3. The van der Waals surface area contributed by atoms with Crippen LogP contribution in [0, 0.1) is 17.0 Å². The van der Waals surface area contributed by atoms with Crippen LogP contribution in [0.15, 0.2) is 34.7 Å². The van der Waals surface area contributed by atoms with E-state index in [9.17, 15) is 14.9 Å². The van der Waals surface area contributed by atoms with E-state index in [1.54, 1.807) is 0 Å². The molecule has 104 valence electrons. The molecule has 20 heavy (non-hydrogen) atoms. The van der Waals surface area contributed by atoms with Crippen LogP contribution in [0.3, 0.4) is 0 Å². The molecule has 0 radical (unpaired) electrons. The maximum atomic E-state index is 11.0. The first kappa shape index (κ1) is 13.8. The Morgan fingerprint density at radius 3 is 2.65 bits per heavy atom. The predicted octanol–water partition coefficient (Wildman–Crippen LogP) is 3.48. The minimum absolute atomic E-state index is 0.135. The van der Waals surface area contributed by atoms with E-state index in [0.717, 1.165) is 5.76 Å². The van der Waals surface area contributed by atoms with Gasteiger partial charge in [-0.25, -0.2) is 0 Å². The zero-order valence-electron chi connectivity index (χ0n) is 11.1. The molecule has 0 fully saturated rings. The quantitative estimate of drug-likeness (QED) is 0.512. The number of aryl methyl sites for hydroxylation is 1. The highest BCUT2D eigenvalue weighted by molar-refractivity contribution is 5.79. The predicted molar refractivity (Wildman–Crippen MR) is 74.0 cm³/mol. The lowest BCUT2D eigenvalue weighted by molar-refractivity contribution is -0.384. The van der Waals surface area contributed by atoms with Gasteiger partial charge in [0.1, 0.15) is 23.5 Å². The van der Waals surface area contributed by atoms with E-state index >= 15 is 0 Å². The summed E-state index contributed by atoms with van der Waals surface area (Å²) in [5.74, 6) is 1.47. The number of nitrogens with zero attached hydrogens (tertiary/aromatic N) is 1. The molecule has 6 nitrogen and oxygen atoms in total. The van der Waals surface area contributed by atoms with Gasteiger partial charge in [0.2, 0.25) is 0 Å². The molecule has 6 heteroatoms. The first-order chi connectivity index (χ1) is 9.51. The number of furan rings is 1. The number of anilines is 1. The van der Waals surface area contributed by atoms with Crippen LogP contribution in [-0.2, 0) is 0 Å². The average Bonchev–Trinajstić information content (AvgIpc) is 2.85. The number of hydrogen-bond acceptors (Lipinski definition) is 5. The molecule has 0 amide bonds. The summed E-state index contributed by atoms with van der Waals surface area (Å²) in [7, 11) is 0. The first-order valence-electron chi connectivity index (χ1n) is 6.07. The van der Waals surface area contributed by atoms with Gasteiger partial charge in [-0.15, -0.1) is 0 Å². The van der Waals surface area contributed by atoms with Crippen molar-refractivity contribution < 1.29 is 14.1 Å². The normalized spacial score (nSPS) is 11.9. The molecule has 0 aliphatic rings. The summed E-state index contributed by atoms with van der Waals surface area (Å²) in [6, 6.07) is 7.73. The summed E-state index contributed by atoms with van der Waals surface area (Å²) < 4.78 is 5.47. The Kier molecular flexibility index (Phi) is 3.84. The van der Waals surface area contributed by atoms with E-state index in [0.29, 0.717) is 17.7 Å². The van der Waals surface area contributed by atoms with Crippen LogP contribution in [0.1, 0.15) is 34.8 Å². The molecule has 0 aliphatic carbocycles. The smallest absolute Gasteiger partial charge is 0.293 e. The fraction of sp³-hybridized carbons (Fsp3) is 0.214. The van der Waals surface area contributed by atoms with Gasteiger partial charge in [0.05, 0.1) is 11.0 Å². The number of hydrogen-bond donors (Lipinski definition) is 1. The van der Waals surface area contributed by atoms with Crippen molar-refractivity contribution in [2.45, 2.75) is 19.9 Å². The van der Waals surface area contributed by atoms with Gasteiger partial charge in [0.15, 0.2) is 0 Å². The van der Waals surface area contributed by atoms with Gasteiger partial charge >= 0.3 is 0 Å². The molecule has 1 unspecified atom stereocenters. The van der Waals surface area contributed by atoms with E-state index in [4.69, 9.17) is 4.42 Å². The highest BCUT2D eigenvalue weighted by atomic mass is 16.6. The van der Waals surface area contributed by atoms with Crippen molar-refractivity contribution in [3.05, 3.63) is 57.5 Å². The van der Waals surface area contributed by atoms with Crippen LogP contribution in [0.4, 0.5) is 11.4 Å². The van der Waals surface area contributed by atoms with Gasteiger partial charge in [-0.05, 0) is 38.1 Å². The SMILES string of the molecule is Cc1ccc(C(C)Nc2ccc(C=O)cc2[N+](=O)[O-])o1. The molecule has 0 saturated carbocycles. The lowest BCUT2D eigenvalue weighted by Crippen LogP contribution is -2.07. The third kappa shape index (κ3) is 2.85. The van der Waals surface area contributed by atoms with Crippen molar-refractivity contribution >= 4 is 17.7 Å². The average molecular weight is 274 g/mol. The molecule has 2 rings (SSSR count). The number of nitro groups is 1. The monoisotopic (exact) mass is 274 g/mol. The summed E-state index contributed by atoms with van der Waals surface area (Å²) in [6.07, 6.45) is 0.579. The van der Waals surface area contributed by atoms with Crippen LogP contribution < -0.4 is 5.32 Å². The Hall–Kier alpha value is -2.63. The minimum atomic E-state index is -0.518. The molecule has 1 N–H and O–H groups in total. The summed E-state index contributed by atoms with van der Waals surface area (Å²) in [5.41, 5.74) is 0.482. The topological polar surface area (TPSA) is 85.4 Å². The van der Waals surface area contributed by atoms with Gasteiger partial charge in [-0.2, -0.15) is 0 Å². The van der Waals surface area contributed by atoms with Gasteiger partial charge in [0, 0.05) is 11.6 Å². The molecule has 1 atom stereocenters. The Balaban J connectivity index is 2.28. The number of carbonyl (C=O) groups is 1. The summed E-state index contributed by atoms with van der Waals surface area (Å²) in [6.45, 7) is 3.67. The van der Waals surface area contributed by atoms with Crippen molar-refractivity contribution in [1.29, 1.82) is 0 Å². The number of carbonyl (C=O) groups excluding carboxylic acids is 1. The van der Waals surface area contributed by atoms with Gasteiger partial charge in [-0.3, -0.25) is 14.9 Å². The molecule has 1 heterocycles. The summed E-state index contributed by atoms with van der Waals surface area (Å²) in [5, 5.41) is 14.1. The van der Waals surface area contributed by atoms with E-state index in [2.05, 4.69) is 5.32 Å². The Labute approximate surface area is 115 Å². The molecule has 0 saturated heterocycles. The number of aldehydes is 1. The largest absolute Gasteiger partial charge is 0.464 e. The van der Waals surface area contributed by atoms with Crippen molar-refractivity contribution in [2.24, 2.45) is 0 Å². The van der Waals surface area contributed by atoms with E-state index in [1.807, 2.05) is 26.0 Å². The maximum absolute atomic E-state index is 11.0. The van der Waals surface area contributed by atoms with E-state index < -0.39 is 4.92 Å². The second-order valence-electron chi connectivity index (χ2n) is 4.47. The van der Waals surface area contributed by atoms with Crippen LogP contribution >= 0.6 is 0 Å². The maximum Gasteiger partial charge on any atom is 0.293 e. The van der Waals surface area contributed by atoms with Crippen LogP contribution in [0.25, 0.3) is 0 Å². The lowest BCUT2D eigenvalue weighted by Gasteiger charge is -2.13. The highest BCUT2D eigenvalue weighted by Crippen LogP contribution is 2.29. The third-order valence-corrected chi connectivity index (χ3v) is 2.91. The molecule has 1 aromatic carbocycles. The molecule has 2 aromatic rings. The number of benzene rings is 1. The number of rotatable bonds is 5. The summed E-state index contributed by atoms with van der Waals surface area (Å²) >= 11 is 0. The second kappa shape index (κ2) is 5.56. The lowest BCUT2D eigenvalue weighted by atomic mass is 10.1. The van der Waals surface area contributed by atoms with Crippen LogP contribution in [-0.4, -0.2) is 11.2 Å². The number of nitro benzene ring substituents is 1. The number of nitrogens with one attached hydrogen (secondary N) is 1. The fourth-order valence-electron chi connectivity index (χ4n) is 1.89. The Bertz CT molecular complexity index is 648. The highest BCUT2D eigenvalue weighted by Gasteiger charge is 2.18. The minimum Gasteiger partial charge on any atom is -0.464 e. The fourth-order valence-corrected chi connectivity index (χ4v) is 1.89. The molecular weight excluding hydrogens is 260 g/mol. The van der Waals surface area contributed by atoms with Crippen molar-refractivity contribution in [3.63, 3.8) is 0 Å². The van der Waals surface area contributed by atoms with Gasteiger partial charge in [0.25, 0.3) is 5.69 Å². The van der Waals surface area contributed by atoms with Gasteiger partial charge in [-0.1, -0.05) is 0 Å². The molecule has 1 aromatic heterocycles.